The molecule has 6 heterocycles. The van der Waals surface area contributed by atoms with Crippen LogP contribution in [0.3, 0.4) is 0 Å². The number of para-hydroxylation sites is 1. The Kier molecular flexibility index (Phi) is 30.5. The zero-order valence-corrected chi connectivity index (χ0v) is 75.9. The van der Waals surface area contributed by atoms with Crippen molar-refractivity contribution >= 4 is 120 Å². The molecule has 0 aliphatic carbocycles. The van der Waals surface area contributed by atoms with E-state index in [1.54, 1.807) is 0 Å². The smallest absolute Gasteiger partial charge is 0.242 e. The maximum Gasteiger partial charge on any atom is 0.242 e. The Balaban J connectivity index is 0.000000125. The SMILES string of the molecule is CCOc1cc(C)ccc1Oc1cccc(Cl)c1CNc1n[nH]c(C)n1.Cc1nc(NCc2c(Cl)cccc2Oc2ccc(-c3ccccc3)cc2)n[nH]1.Cc1nc(NCc2c(Cl)cccc2Oc2ccc3ccccc3c2)n[nH]1.Cc1nc(NCc2c(Cl)cccc2Oc2cccc3cc[nH]c23)n[nH]1.Cc1nc(NCc2c(Cl)cccc2Oc2cccc3ccccc23)n[nH]1. The molecule has 0 spiro atoms. The molecule has 0 amide bonds. The van der Waals surface area contributed by atoms with Crippen molar-refractivity contribution in [3.8, 4) is 74.4 Å². The van der Waals surface area contributed by atoms with Gasteiger partial charge in [-0.15, -0.1) is 25.5 Å². The standard InChI is InChI=1S/C22H19ClN4O.2C20H17ClN4O.C19H21ClN4O2.C18H16ClN5O/c1-15-25-22(27-26-15)24-14-19-20(23)8-5-9-21(19)28-18-12-10-17(11-13-18)16-6-3-2-4-7-16;1-13-23-20(25-24-13)22-12-16-17(21)9-5-11-19(16)26-18-10-4-7-14-6-2-3-8-15(14)18;1-13-23-20(25-24-13)22-12-17-18(21)7-4-8-19(17)26-16-10-9-14-5-2-3-6-15(14)11-16;1-4-25-18-10-12(2)8-9-17(18)26-16-7-5-6-15(20)14(16)11-21-19-22-13(3)23-24-19;1-11-22-18(24-23-11)21-10-13-14(19)5-3-6-15(13)25-16-7-2-4-12-8-9-20-17(12)16/h2-13H,14H2,1H3,(H2,24,25,26,27);2*2-11H,12H2,1H3,(H2,22,23,24,25);5-10H,4,11H2,1-3H3,(H2,21,22,23,24);2-9,20H,10H2,1H3,(H2,21,22,23,24). The molecule has 0 fully saturated rings. The molecule has 0 atom stereocenters. The van der Waals surface area contributed by atoms with Gasteiger partial charge in [-0.3, -0.25) is 25.5 Å². The van der Waals surface area contributed by atoms with E-state index >= 15 is 0 Å². The van der Waals surface area contributed by atoms with Crippen LogP contribution in [0, 0.1) is 41.5 Å². The Morgan fingerprint density at radius 1 is 0.275 bits per heavy atom. The number of H-pyrrole nitrogens is 6. The average Bonchev–Trinajstić information content (AvgIpc) is 1.69. The molecule has 0 radical (unpaired) electrons. The van der Waals surface area contributed by atoms with Gasteiger partial charge in [0.05, 0.1) is 12.1 Å². The van der Waals surface area contributed by atoms with Crippen LogP contribution in [0.4, 0.5) is 29.7 Å². The molecule has 32 heteroatoms. The van der Waals surface area contributed by atoms with Crippen molar-refractivity contribution < 1.29 is 28.4 Å². The Morgan fingerprint density at radius 3 is 1.07 bits per heavy atom. The van der Waals surface area contributed by atoms with Crippen molar-refractivity contribution in [3.05, 3.63) is 367 Å². The van der Waals surface area contributed by atoms with E-state index in [1.165, 1.54) is 10.9 Å². The number of aromatic nitrogens is 16. The molecular formula is C99H90Cl5N21O6. The van der Waals surface area contributed by atoms with Gasteiger partial charge in [-0.2, -0.15) is 24.9 Å². The van der Waals surface area contributed by atoms with Crippen LogP contribution in [-0.2, 0) is 32.7 Å². The monoisotopic (exact) mass is 1840 g/mol. The lowest BCUT2D eigenvalue weighted by molar-refractivity contribution is 0.320. The molecule has 0 aliphatic heterocycles. The number of fused-ring (bicyclic) bond motifs is 3. The predicted octanol–water partition coefficient (Wildman–Crippen LogP) is 26.0. The molecule has 0 saturated carbocycles. The first kappa shape index (κ1) is 90.6. The Morgan fingerprint density at radius 2 is 0.626 bits per heavy atom. The first-order valence-electron chi connectivity index (χ1n) is 41.7. The normalized spacial score (nSPS) is 10.8. The molecule has 11 N–H and O–H groups in total. The van der Waals surface area contributed by atoms with Gasteiger partial charge in [-0.1, -0.05) is 216 Å². The second kappa shape index (κ2) is 44.1. The summed E-state index contributed by atoms with van der Waals surface area (Å²) in [7, 11) is 0. The van der Waals surface area contributed by atoms with Crippen LogP contribution in [0.1, 0.15) is 69.4 Å². The molecule has 6 aromatic heterocycles. The lowest BCUT2D eigenvalue weighted by atomic mass is 10.1. The maximum atomic E-state index is 6.42. The number of nitrogens with one attached hydrogen (secondary N) is 11. The molecule has 19 aromatic rings. The highest BCUT2D eigenvalue weighted by Gasteiger charge is 2.20. The van der Waals surface area contributed by atoms with Gasteiger partial charge < -0.3 is 60.0 Å². The van der Waals surface area contributed by atoms with Crippen LogP contribution >= 0.6 is 58.0 Å². The summed E-state index contributed by atoms with van der Waals surface area (Å²) in [6.45, 7) is 16.0. The predicted molar refractivity (Wildman–Crippen MR) is 520 cm³/mol. The highest BCUT2D eigenvalue weighted by atomic mass is 35.5. The number of anilines is 5. The van der Waals surface area contributed by atoms with Crippen molar-refractivity contribution in [2.45, 2.75) is 81.2 Å². The van der Waals surface area contributed by atoms with Gasteiger partial charge in [0.2, 0.25) is 29.7 Å². The van der Waals surface area contributed by atoms with Crippen LogP contribution < -0.4 is 55.0 Å². The van der Waals surface area contributed by atoms with Crippen LogP contribution in [-0.4, -0.2) is 87.5 Å². The second-order valence-electron chi connectivity index (χ2n) is 29.5. The van der Waals surface area contributed by atoms with Crippen molar-refractivity contribution in [2.75, 3.05) is 33.2 Å². The fourth-order valence-electron chi connectivity index (χ4n) is 13.6. The molecule has 131 heavy (non-hydrogen) atoms. The summed E-state index contributed by atoms with van der Waals surface area (Å²) in [5.74, 6) is 14.2. The summed E-state index contributed by atoms with van der Waals surface area (Å²) in [5, 5.41) is 58.9. The molecule has 0 bridgehead atoms. The number of hydrogen-bond acceptors (Lipinski definition) is 21. The van der Waals surface area contributed by atoms with Crippen LogP contribution in [0.5, 0.6) is 63.2 Å². The quantitative estimate of drug-likeness (QED) is 0.0217. The fourth-order valence-corrected chi connectivity index (χ4v) is 14.7. The van der Waals surface area contributed by atoms with Gasteiger partial charge in [-0.05, 0) is 197 Å². The van der Waals surface area contributed by atoms with Crippen molar-refractivity contribution in [1.29, 1.82) is 0 Å². The van der Waals surface area contributed by atoms with E-state index < -0.39 is 0 Å². The topological polar surface area (TPSA) is 339 Å². The molecule has 0 saturated heterocycles. The molecule has 662 valence electrons. The van der Waals surface area contributed by atoms with Gasteiger partial charge in [0.15, 0.2) is 17.2 Å². The van der Waals surface area contributed by atoms with Gasteiger partial charge in [-0.25, -0.2) is 0 Å². The highest BCUT2D eigenvalue weighted by Crippen LogP contribution is 2.41. The fraction of sp³-hybridized carbons (Fsp3) is 0.131. The van der Waals surface area contributed by atoms with E-state index in [9.17, 15) is 0 Å². The number of halogens is 5. The molecular weight excluding hydrogens is 1760 g/mol. The zero-order valence-electron chi connectivity index (χ0n) is 72.1. The Hall–Kier alpha value is -15.1. The molecule has 27 nitrogen and oxygen atoms in total. The van der Waals surface area contributed by atoms with Crippen LogP contribution in [0.2, 0.25) is 25.1 Å². The summed E-state index contributed by atoms with van der Waals surface area (Å²) >= 11 is 32.0. The van der Waals surface area contributed by atoms with E-state index in [4.69, 9.17) is 86.4 Å². The maximum absolute atomic E-state index is 6.42. The summed E-state index contributed by atoms with van der Waals surface area (Å²) in [6, 6.07) is 88.4. The molecule has 13 aromatic carbocycles. The summed E-state index contributed by atoms with van der Waals surface area (Å²) < 4.78 is 36.4. The molecule has 19 rings (SSSR count). The number of hydrogen-bond donors (Lipinski definition) is 11. The van der Waals surface area contributed by atoms with Crippen LogP contribution in [0.15, 0.2) is 279 Å². The average molecular weight is 1850 g/mol. The highest BCUT2D eigenvalue weighted by molar-refractivity contribution is 6.33. The van der Waals surface area contributed by atoms with Gasteiger partial charge >= 0.3 is 0 Å². The van der Waals surface area contributed by atoms with Crippen molar-refractivity contribution in [3.63, 3.8) is 0 Å². The van der Waals surface area contributed by atoms with Crippen molar-refractivity contribution in [2.24, 2.45) is 0 Å². The lowest BCUT2D eigenvalue weighted by Gasteiger charge is -2.16. The first-order valence-corrected chi connectivity index (χ1v) is 43.6. The zero-order chi connectivity index (χ0) is 91.0. The third-order valence-corrected chi connectivity index (χ3v) is 21.7. The van der Waals surface area contributed by atoms with Crippen molar-refractivity contribution in [1.82, 2.24) is 80.9 Å². The van der Waals surface area contributed by atoms with E-state index in [-0.39, 0.29) is 0 Å². The van der Waals surface area contributed by atoms with Gasteiger partial charge in [0.1, 0.15) is 75.1 Å². The van der Waals surface area contributed by atoms with E-state index in [1.807, 2.05) is 291 Å². The number of aryl methyl sites for hydroxylation is 6. The second-order valence-corrected chi connectivity index (χ2v) is 31.6. The third-order valence-electron chi connectivity index (χ3n) is 20.0. The lowest BCUT2D eigenvalue weighted by Crippen LogP contribution is -2.04. The first-order chi connectivity index (χ1) is 63.8. The van der Waals surface area contributed by atoms with E-state index in [0.717, 1.165) is 118 Å². The number of aromatic amines is 6. The minimum atomic E-state index is 0.433. The molecule has 0 unspecified atom stereocenters. The number of rotatable bonds is 28. The minimum absolute atomic E-state index is 0.433. The van der Waals surface area contributed by atoms with Gasteiger partial charge in [0.25, 0.3) is 0 Å². The number of nitrogens with zero attached hydrogens (tertiary/aromatic N) is 10. The minimum Gasteiger partial charge on any atom is -0.490 e. The van der Waals surface area contributed by atoms with E-state index in [2.05, 4.69) is 144 Å². The number of benzene rings is 13. The largest absolute Gasteiger partial charge is 0.490 e. The van der Waals surface area contributed by atoms with Gasteiger partial charge in [0, 0.05) is 103 Å². The third kappa shape index (κ3) is 24.6. The van der Waals surface area contributed by atoms with Crippen LogP contribution in [0.25, 0.3) is 43.6 Å². The summed E-state index contributed by atoms with van der Waals surface area (Å²) in [5.41, 5.74) is 8.58. The summed E-state index contributed by atoms with van der Waals surface area (Å²) in [6.07, 6.45) is 1.89. The summed E-state index contributed by atoms with van der Waals surface area (Å²) in [4.78, 5) is 24.4. The Labute approximate surface area is 779 Å². The number of ether oxygens (including phenoxy) is 6. The Bertz CT molecular complexity index is 7010. The molecule has 0 aliphatic rings. The van der Waals surface area contributed by atoms with E-state index in [0.29, 0.717) is 134 Å².